The standard InChI is InChI=1S/C17H34N2O3/c1-7-8-11-19-15(21)16(3,4)10-13-22-17(5,6)9-12-18-14(2)20/h7-13H2,1-6H3,(H,18,20)(H,19,21). The summed E-state index contributed by atoms with van der Waals surface area (Å²) >= 11 is 0. The molecule has 0 aliphatic heterocycles. The molecule has 0 saturated carbocycles. The van der Waals surface area contributed by atoms with Crippen molar-refractivity contribution in [3.8, 4) is 0 Å². The molecule has 0 heterocycles. The minimum atomic E-state index is -0.429. The first-order valence-electron chi connectivity index (χ1n) is 8.27. The van der Waals surface area contributed by atoms with Gasteiger partial charge in [0.15, 0.2) is 0 Å². The smallest absolute Gasteiger partial charge is 0.225 e. The number of nitrogens with one attached hydrogen (secondary N) is 2. The molecule has 2 N–H and O–H groups in total. The number of unbranched alkanes of at least 4 members (excludes halogenated alkanes) is 1. The molecule has 0 unspecified atom stereocenters. The third-order valence-corrected chi connectivity index (χ3v) is 3.75. The molecule has 0 rings (SSSR count). The number of carbonyl (C=O) groups is 2. The predicted molar refractivity (Wildman–Crippen MR) is 89.6 cm³/mol. The van der Waals surface area contributed by atoms with Gasteiger partial charge in [0.1, 0.15) is 0 Å². The second-order valence-corrected chi connectivity index (χ2v) is 7.08. The van der Waals surface area contributed by atoms with Crippen LogP contribution in [-0.4, -0.2) is 37.1 Å². The Bertz CT molecular complexity index is 352. The Morgan fingerprint density at radius 3 is 2.18 bits per heavy atom. The van der Waals surface area contributed by atoms with Crippen LogP contribution in [0.15, 0.2) is 0 Å². The van der Waals surface area contributed by atoms with Crippen LogP contribution in [0.2, 0.25) is 0 Å². The lowest BCUT2D eigenvalue weighted by molar-refractivity contribution is -0.131. The van der Waals surface area contributed by atoms with Crippen molar-refractivity contribution in [2.75, 3.05) is 19.7 Å². The number of carbonyl (C=O) groups excluding carboxylic acids is 2. The van der Waals surface area contributed by atoms with Gasteiger partial charge in [-0.3, -0.25) is 9.59 Å². The molecule has 0 saturated heterocycles. The molecular formula is C17H34N2O3. The molecule has 5 heteroatoms. The first-order valence-corrected chi connectivity index (χ1v) is 8.27. The fourth-order valence-electron chi connectivity index (χ4n) is 1.93. The van der Waals surface area contributed by atoms with Crippen LogP contribution < -0.4 is 10.6 Å². The topological polar surface area (TPSA) is 67.4 Å². The Hall–Kier alpha value is -1.10. The molecule has 22 heavy (non-hydrogen) atoms. The summed E-state index contributed by atoms with van der Waals surface area (Å²) in [6.07, 6.45) is 3.50. The minimum Gasteiger partial charge on any atom is -0.375 e. The van der Waals surface area contributed by atoms with E-state index >= 15 is 0 Å². The number of hydrogen-bond acceptors (Lipinski definition) is 3. The van der Waals surface area contributed by atoms with E-state index in [0.29, 0.717) is 19.6 Å². The summed E-state index contributed by atoms with van der Waals surface area (Å²) < 4.78 is 5.89. The fourth-order valence-corrected chi connectivity index (χ4v) is 1.93. The zero-order valence-electron chi connectivity index (χ0n) is 15.2. The lowest BCUT2D eigenvalue weighted by atomic mass is 9.88. The van der Waals surface area contributed by atoms with E-state index in [2.05, 4.69) is 17.6 Å². The maximum Gasteiger partial charge on any atom is 0.225 e. The Kier molecular flexibility index (Phi) is 9.33. The minimum absolute atomic E-state index is 0.0271. The van der Waals surface area contributed by atoms with Gasteiger partial charge < -0.3 is 15.4 Å². The lowest BCUT2D eigenvalue weighted by Gasteiger charge is -2.29. The van der Waals surface area contributed by atoms with Gasteiger partial charge in [-0.05, 0) is 33.1 Å². The van der Waals surface area contributed by atoms with Crippen LogP contribution in [0, 0.1) is 5.41 Å². The molecule has 0 spiro atoms. The van der Waals surface area contributed by atoms with Gasteiger partial charge in [-0.25, -0.2) is 0 Å². The number of ether oxygens (including phenoxy) is 1. The summed E-state index contributed by atoms with van der Waals surface area (Å²) in [7, 11) is 0. The van der Waals surface area contributed by atoms with E-state index in [4.69, 9.17) is 4.74 Å². The highest BCUT2D eigenvalue weighted by atomic mass is 16.5. The zero-order chi connectivity index (χ0) is 17.2. The highest BCUT2D eigenvalue weighted by Crippen LogP contribution is 2.23. The van der Waals surface area contributed by atoms with E-state index in [9.17, 15) is 9.59 Å². The van der Waals surface area contributed by atoms with Crippen LogP contribution in [0.25, 0.3) is 0 Å². The van der Waals surface area contributed by atoms with E-state index in [1.54, 1.807) is 0 Å². The quantitative estimate of drug-likeness (QED) is 0.576. The summed E-state index contributed by atoms with van der Waals surface area (Å²) in [6.45, 7) is 13.4. The number of hydrogen-bond donors (Lipinski definition) is 2. The van der Waals surface area contributed by atoms with Crippen molar-refractivity contribution in [2.45, 2.75) is 72.8 Å². The van der Waals surface area contributed by atoms with E-state index in [1.807, 2.05) is 27.7 Å². The van der Waals surface area contributed by atoms with Crippen molar-refractivity contribution in [3.63, 3.8) is 0 Å². The van der Waals surface area contributed by atoms with Gasteiger partial charge in [0, 0.05) is 32.0 Å². The Morgan fingerprint density at radius 1 is 1.00 bits per heavy atom. The normalized spacial score (nSPS) is 12.1. The Morgan fingerprint density at radius 2 is 1.64 bits per heavy atom. The van der Waals surface area contributed by atoms with Gasteiger partial charge in [0.25, 0.3) is 0 Å². The van der Waals surface area contributed by atoms with Crippen LogP contribution in [-0.2, 0) is 14.3 Å². The third-order valence-electron chi connectivity index (χ3n) is 3.75. The van der Waals surface area contributed by atoms with Crippen LogP contribution in [0.3, 0.4) is 0 Å². The predicted octanol–water partition coefficient (Wildman–Crippen LogP) is 2.64. The number of amides is 2. The first-order chi connectivity index (χ1) is 10.1. The summed E-state index contributed by atoms with van der Waals surface area (Å²) in [5.41, 5.74) is -0.737. The largest absolute Gasteiger partial charge is 0.375 e. The van der Waals surface area contributed by atoms with Crippen LogP contribution in [0.4, 0.5) is 0 Å². The van der Waals surface area contributed by atoms with Crippen molar-refractivity contribution in [3.05, 3.63) is 0 Å². The van der Waals surface area contributed by atoms with Crippen LogP contribution in [0.5, 0.6) is 0 Å². The van der Waals surface area contributed by atoms with E-state index in [-0.39, 0.29) is 17.4 Å². The SMILES string of the molecule is CCCCNC(=O)C(C)(C)CCOC(C)(C)CCNC(C)=O. The van der Waals surface area contributed by atoms with Crippen molar-refractivity contribution in [2.24, 2.45) is 5.41 Å². The lowest BCUT2D eigenvalue weighted by Crippen LogP contribution is -2.39. The molecule has 0 aromatic rings. The van der Waals surface area contributed by atoms with Gasteiger partial charge in [-0.2, -0.15) is 0 Å². The Labute approximate surface area is 135 Å². The fraction of sp³-hybridized carbons (Fsp3) is 0.882. The molecule has 0 fully saturated rings. The molecular weight excluding hydrogens is 280 g/mol. The summed E-state index contributed by atoms with van der Waals surface area (Å²) in [4.78, 5) is 23.0. The van der Waals surface area contributed by atoms with Crippen molar-refractivity contribution >= 4 is 11.8 Å². The summed E-state index contributed by atoms with van der Waals surface area (Å²) in [5.74, 6) is 0.0567. The maximum absolute atomic E-state index is 12.1. The van der Waals surface area contributed by atoms with Gasteiger partial charge in [0.2, 0.25) is 11.8 Å². The highest BCUT2D eigenvalue weighted by Gasteiger charge is 2.28. The molecule has 0 radical (unpaired) electrons. The summed E-state index contributed by atoms with van der Waals surface area (Å²) in [6, 6.07) is 0. The molecule has 5 nitrogen and oxygen atoms in total. The second-order valence-electron chi connectivity index (χ2n) is 7.08. The molecule has 130 valence electrons. The summed E-state index contributed by atoms with van der Waals surface area (Å²) in [5, 5.41) is 5.75. The average molecular weight is 314 g/mol. The van der Waals surface area contributed by atoms with E-state index < -0.39 is 5.41 Å². The van der Waals surface area contributed by atoms with Crippen LogP contribution >= 0.6 is 0 Å². The molecule has 0 atom stereocenters. The van der Waals surface area contributed by atoms with Gasteiger partial charge >= 0.3 is 0 Å². The number of rotatable bonds is 11. The molecule has 0 aliphatic carbocycles. The highest BCUT2D eigenvalue weighted by molar-refractivity contribution is 5.81. The third kappa shape index (κ3) is 9.77. The molecule has 2 amide bonds. The van der Waals surface area contributed by atoms with Crippen molar-refractivity contribution in [1.29, 1.82) is 0 Å². The average Bonchev–Trinajstić information content (AvgIpc) is 2.37. The van der Waals surface area contributed by atoms with Crippen LogP contribution in [0.1, 0.15) is 67.2 Å². The monoisotopic (exact) mass is 314 g/mol. The van der Waals surface area contributed by atoms with Crippen molar-refractivity contribution < 1.29 is 14.3 Å². The van der Waals surface area contributed by atoms with Gasteiger partial charge in [-0.1, -0.05) is 27.2 Å². The Balaban J connectivity index is 4.08. The first kappa shape index (κ1) is 20.9. The van der Waals surface area contributed by atoms with E-state index in [0.717, 1.165) is 25.8 Å². The van der Waals surface area contributed by atoms with Gasteiger partial charge in [-0.15, -0.1) is 0 Å². The molecule has 0 aliphatic rings. The molecule has 0 aromatic carbocycles. The zero-order valence-corrected chi connectivity index (χ0v) is 15.2. The van der Waals surface area contributed by atoms with Crippen molar-refractivity contribution in [1.82, 2.24) is 10.6 Å². The molecule has 0 aromatic heterocycles. The maximum atomic E-state index is 12.1. The second kappa shape index (κ2) is 9.82. The molecule has 0 bridgehead atoms. The van der Waals surface area contributed by atoms with Gasteiger partial charge in [0.05, 0.1) is 5.60 Å². The van der Waals surface area contributed by atoms with E-state index in [1.165, 1.54) is 6.92 Å².